The molecule has 0 spiro atoms. The average Bonchev–Trinajstić information content (AvgIpc) is 2.67. The maximum atomic E-state index is 6.26. The molecule has 1 atom stereocenters. The van der Waals surface area contributed by atoms with Crippen LogP contribution in [0.5, 0.6) is 0 Å². The highest BCUT2D eigenvalue weighted by molar-refractivity contribution is 9.11. The molecule has 0 bridgehead atoms. The summed E-state index contributed by atoms with van der Waals surface area (Å²) in [7, 11) is 0. The SMILES string of the molecule is NC(c1cc(Br)ccc1Br)c1sccc1Br. The largest absolute Gasteiger partial charge is 0.320 e. The monoisotopic (exact) mass is 423 g/mol. The van der Waals surface area contributed by atoms with E-state index < -0.39 is 0 Å². The summed E-state index contributed by atoms with van der Waals surface area (Å²) in [6, 6.07) is 7.94. The van der Waals surface area contributed by atoms with Gasteiger partial charge in [-0.3, -0.25) is 0 Å². The predicted octanol–water partition coefficient (Wildman–Crippen LogP) is 5.08. The van der Waals surface area contributed by atoms with Gasteiger partial charge in [0.2, 0.25) is 0 Å². The summed E-state index contributed by atoms with van der Waals surface area (Å²) in [6.07, 6.45) is 0. The van der Waals surface area contributed by atoms with Crippen LogP contribution in [0.4, 0.5) is 0 Å². The highest BCUT2D eigenvalue weighted by atomic mass is 79.9. The minimum Gasteiger partial charge on any atom is -0.320 e. The molecule has 0 aliphatic rings. The molecule has 1 heterocycles. The molecule has 0 fully saturated rings. The number of nitrogens with two attached hydrogens (primary N) is 1. The molecular formula is C11H8Br3NS. The van der Waals surface area contributed by atoms with E-state index in [1.54, 1.807) is 11.3 Å². The van der Waals surface area contributed by atoms with Gasteiger partial charge in [0.05, 0.1) is 6.04 Å². The Labute approximate surface area is 123 Å². The van der Waals surface area contributed by atoms with Crippen molar-refractivity contribution in [3.63, 3.8) is 0 Å². The Balaban J connectivity index is 2.45. The third-order valence-corrected chi connectivity index (χ3v) is 5.39. The maximum absolute atomic E-state index is 6.26. The van der Waals surface area contributed by atoms with Crippen LogP contribution in [0, 0.1) is 0 Å². The molecule has 0 aliphatic heterocycles. The number of benzene rings is 1. The van der Waals surface area contributed by atoms with Gasteiger partial charge in [0, 0.05) is 18.3 Å². The number of thiophene rings is 1. The standard InChI is InChI=1S/C11H8Br3NS/c12-6-1-2-8(13)7(5-6)10(15)11-9(14)3-4-16-11/h1-5,10H,15H2. The van der Waals surface area contributed by atoms with E-state index in [2.05, 4.69) is 47.8 Å². The van der Waals surface area contributed by atoms with Crippen molar-refractivity contribution in [1.82, 2.24) is 0 Å². The second-order valence-corrected chi connectivity index (χ2v) is 6.85. The zero-order valence-corrected chi connectivity index (χ0v) is 13.7. The van der Waals surface area contributed by atoms with Crippen LogP contribution in [0.2, 0.25) is 0 Å². The van der Waals surface area contributed by atoms with Gasteiger partial charge in [-0.25, -0.2) is 0 Å². The van der Waals surface area contributed by atoms with Gasteiger partial charge in [0.15, 0.2) is 0 Å². The molecule has 1 unspecified atom stereocenters. The van der Waals surface area contributed by atoms with Crippen molar-refractivity contribution in [2.75, 3.05) is 0 Å². The smallest absolute Gasteiger partial charge is 0.0668 e. The van der Waals surface area contributed by atoms with Gasteiger partial charge in [0.25, 0.3) is 0 Å². The third-order valence-electron chi connectivity index (χ3n) is 2.22. The Hall–Kier alpha value is 0.320. The Bertz CT molecular complexity index is 510. The highest BCUT2D eigenvalue weighted by Gasteiger charge is 2.16. The van der Waals surface area contributed by atoms with Gasteiger partial charge >= 0.3 is 0 Å². The van der Waals surface area contributed by atoms with Gasteiger partial charge < -0.3 is 5.73 Å². The lowest BCUT2D eigenvalue weighted by Crippen LogP contribution is -2.11. The molecule has 0 amide bonds. The molecule has 2 N–H and O–H groups in total. The van der Waals surface area contributed by atoms with Crippen LogP contribution < -0.4 is 5.73 Å². The van der Waals surface area contributed by atoms with Crippen LogP contribution >= 0.6 is 59.1 Å². The molecule has 0 radical (unpaired) electrons. The second kappa shape index (κ2) is 5.31. The number of hydrogen-bond acceptors (Lipinski definition) is 2. The van der Waals surface area contributed by atoms with Gasteiger partial charge in [-0.2, -0.15) is 0 Å². The van der Waals surface area contributed by atoms with Gasteiger partial charge in [-0.15, -0.1) is 11.3 Å². The fourth-order valence-electron chi connectivity index (χ4n) is 1.42. The van der Waals surface area contributed by atoms with Crippen molar-refractivity contribution in [3.05, 3.63) is 53.5 Å². The summed E-state index contributed by atoms with van der Waals surface area (Å²) in [5.74, 6) is 0. The number of hydrogen-bond donors (Lipinski definition) is 1. The molecule has 16 heavy (non-hydrogen) atoms. The zero-order chi connectivity index (χ0) is 11.7. The van der Waals surface area contributed by atoms with Crippen LogP contribution in [0.3, 0.4) is 0 Å². The Morgan fingerprint density at radius 1 is 1.06 bits per heavy atom. The van der Waals surface area contributed by atoms with Gasteiger partial charge in [-0.1, -0.05) is 31.9 Å². The third kappa shape index (κ3) is 2.59. The summed E-state index contributed by atoms with van der Waals surface area (Å²) in [5.41, 5.74) is 7.34. The lowest BCUT2D eigenvalue weighted by atomic mass is 10.1. The van der Waals surface area contributed by atoms with Crippen molar-refractivity contribution in [1.29, 1.82) is 0 Å². The molecule has 5 heteroatoms. The molecule has 84 valence electrons. The topological polar surface area (TPSA) is 26.0 Å². The molecule has 2 rings (SSSR count). The summed E-state index contributed by atoms with van der Waals surface area (Å²) in [4.78, 5) is 1.14. The van der Waals surface area contributed by atoms with Crippen molar-refractivity contribution < 1.29 is 0 Å². The molecule has 2 aromatic rings. The maximum Gasteiger partial charge on any atom is 0.0668 e. The second-order valence-electron chi connectivity index (χ2n) is 3.28. The first-order valence-electron chi connectivity index (χ1n) is 4.53. The van der Waals surface area contributed by atoms with E-state index in [0.29, 0.717) is 0 Å². The molecule has 1 aromatic heterocycles. The number of halogens is 3. The summed E-state index contributed by atoms with van der Waals surface area (Å²) in [5, 5.41) is 2.03. The van der Waals surface area contributed by atoms with E-state index in [1.165, 1.54) is 0 Å². The molecule has 1 aromatic carbocycles. The molecular weight excluding hydrogens is 418 g/mol. The minimum absolute atomic E-state index is 0.110. The minimum atomic E-state index is -0.110. The lowest BCUT2D eigenvalue weighted by molar-refractivity contribution is 0.882. The van der Waals surface area contributed by atoms with E-state index in [1.807, 2.05) is 29.6 Å². The first-order valence-corrected chi connectivity index (χ1v) is 7.79. The fourth-order valence-corrected chi connectivity index (χ4v) is 3.93. The zero-order valence-electron chi connectivity index (χ0n) is 8.08. The van der Waals surface area contributed by atoms with Crippen LogP contribution in [0.1, 0.15) is 16.5 Å². The Morgan fingerprint density at radius 3 is 2.44 bits per heavy atom. The van der Waals surface area contributed by atoms with Crippen LogP contribution in [0.15, 0.2) is 43.1 Å². The molecule has 0 saturated heterocycles. The van der Waals surface area contributed by atoms with E-state index in [0.717, 1.165) is 23.9 Å². The van der Waals surface area contributed by atoms with Crippen molar-refractivity contribution >= 4 is 59.1 Å². The summed E-state index contributed by atoms with van der Waals surface area (Å²) in [6.45, 7) is 0. The van der Waals surface area contributed by atoms with Crippen LogP contribution in [0.25, 0.3) is 0 Å². The first kappa shape index (κ1) is 12.8. The van der Waals surface area contributed by atoms with E-state index in [9.17, 15) is 0 Å². The molecule has 0 aliphatic carbocycles. The Morgan fingerprint density at radius 2 is 1.81 bits per heavy atom. The predicted molar refractivity (Wildman–Crippen MR) is 79.9 cm³/mol. The molecule has 1 nitrogen and oxygen atoms in total. The molecule has 0 saturated carbocycles. The van der Waals surface area contributed by atoms with Crippen molar-refractivity contribution in [2.24, 2.45) is 5.73 Å². The van der Waals surface area contributed by atoms with Crippen molar-refractivity contribution in [3.8, 4) is 0 Å². The van der Waals surface area contributed by atoms with E-state index in [4.69, 9.17) is 5.73 Å². The summed E-state index contributed by atoms with van der Waals surface area (Å²) >= 11 is 12.2. The van der Waals surface area contributed by atoms with E-state index in [-0.39, 0.29) is 6.04 Å². The highest BCUT2D eigenvalue weighted by Crippen LogP contribution is 2.35. The lowest BCUT2D eigenvalue weighted by Gasteiger charge is -2.13. The van der Waals surface area contributed by atoms with Gasteiger partial charge in [0.1, 0.15) is 0 Å². The van der Waals surface area contributed by atoms with E-state index >= 15 is 0 Å². The van der Waals surface area contributed by atoms with Crippen LogP contribution in [-0.2, 0) is 0 Å². The van der Waals surface area contributed by atoms with Crippen molar-refractivity contribution in [2.45, 2.75) is 6.04 Å². The first-order chi connectivity index (χ1) is 7.59. The number of rotatable bonds is 2. The normalized spacial score (nSPS) is 12.8. The Kier molecular flexibility index (Phi) is 4.24. The quantitative estimate of drug-likeness (QED) is 0.713. The summed E-state index contributed by atoms with van der Waals surface area (Å²) < 4.78 is 3.13. The fraction of sp³-hybridized carbons (Fsp3) is 0.0909. The van der Waals surface area contributed by atoms with Crippen LogP contribution in [-0.4, -0.2) is 0 Å². The van der Waals surface area contributed by atoms with Gasteiger partial charge in [-0.05, 0) is 51.1 Å². The average molecular weight is 426 g/mol.